The molecule has 1 aromatic heterocycles. The molecule has 2 atom stereocenters. The van der Waals surface area contributed by atoms with E-state index >= 15 is 0 Å². The van der Waals surface area contributed by atoms with E-state index < -0.39 is 5.76 Å². The van der Waals surface area contributed by atoms with Crippen LogP contribution in [0.1, 0.15) is 19.8 Å². The van der Waals surface area contributed by atoms with Crippen LogP contribution in [0, 0.1) is 0 Å². The minimum absolute atomic E-state index is 0.0111. The summed E-state index contributed by atoms with van der Waals surface area (Å²) < 4.78 is 11.8. The Labute approximate surface area is 156 Å². The van der Waals surface area contributed by atoms with Crippen molar-refractivity contribution < 1.29 is 18.7 Å². The third-order valence-electron chi connectivity index (χ3n) is 5.51. The number of para-hydroxylation sites is 2. The van der Waals surface area contributed by atoms with Crippen LogP contribution in [0.5, 0.6) is 0 Å². The fourth-order valence-electron chi connectivity index (χ4n) is 4.27. The van der Waals surface area contributed by atoms with Crippen molar-refractivity contribution in [3.05, 3.63) is 34.8 Å². The fourth-order valence-corrected chi connectivity index (χ4v) is 4.27. The molecule has 3 heterocycles. The maximum absolute atomic E-state index is 12.9. The van der Waals surface area contributed by atoms with E-state index in [9.17, 15) is 14.4 Å². The summed E-state index contributed by atoms with van der Waals surface area (Å²) in [5, 5.41) is 0. The van der Waals surface area contributed by atoms with Crippen molar-refractivity contribution in [2.24, 2.45) is 0 Å². The van der Waals surface area contributed by atoms with Crippen LogP contribution in [0.4, 0.5) is 0 Å². The molecule has 0 aliphatic carbocycles. The first-order valence-corrected chi connectivity index (χ1v) is 9.35. The maximum Gasteiger partial charge on any atom is 0.420 e. The molecule has 144 valence electrons. The first-order chi connectivity index (χ1) is 13.1. The maximum atomic E-state index is 12.9. The lowest BCUT2D eigenvalue weighted by atomic mass is 10.1. The van der Waals surface area contributed by atoms with Gasteiger partial charge >= 0.3 is 5.76 Å². The van der Waals surface area contributed by atoms with Gasteiger partial charge in [0.15, 0.2) is 5.58 Å². The zero-order valence-electron chi connectivity index (χ0n) is 15.3. The number of nitrogens with zero attached hydrogens (tertiary/aromatic N) is 3. The van der Waals surface area contributed by atoms with Gasteiger partial charge < -0.3 is 19.0 Å². The van der Waals surface area contributed by atoms with Crippen LogP contribution >= 0.6 is 0 Å². The van der Waals surface area contributed by atoms with Crippen LogP contribution in [0.2, 0.25) is 0 Å². The van der Waals surface area contributed by atoms with Crippen molar-refractivity contribution in [1.82, 2.24) is 14.4 Å². The SMILES string of the molecule is CCOCC(=O)N1CC[C@H]2[C@@H]1CCN2C(=O)Cn1c(=O)oc2ccccc21. The minimum atomic E-state index is -0.528. The quantitative estimate of drug-likeness (QED) is 0.775. The topological polar surface area (TPSA) is 85.0 Å². The van der Waals surface area contributed by atoms with Gasteiger partial charge in [-0.15, -0.1) is 0 Å². The average molecular weight is 373 g/mol. The van der Waals surface area contributed by atoms with Crippen LogP contribution in [0.15, 0.2) is 33.5 Å². The first kappa shape index (κ1) is 17.8. The number of hydrogen-bond acceptors (Lipinski definition) is 5. The zero-order chi connectivity index (χ0) is 19.0. The van der Waals surface area contributed by atoms with Gasteiger partial charge in [-0.05, 0) is 31.9 Å². The fraction of sp³-hybridized carbons (Fsp3) is 0.526. The molecular weight excluding hydrogens is 350 g/mol. The van der Waals surface area contributed by atoms with E-state index in [2.05, 4.69) is 0 Å². The third-order valence-corrected chi connectivity index (χ3v) is 5.51. The van der Waals surface area contributed by atoms with E-state index in [-0.39, 0.29) is 37.0 Å². The van der Waals surface area contributed by atoms with Crippen molar-refractivity contribution in [3.8, 4) is 0 Å². The van der Waals surface area contributed by atoms with Gasteiger partial charge in [-0.3, -0.25) is 14.2 Å². The van der Waals surface area contributed by atoms with E-state index in [1.807, 2.05) is 22.8 Å². The molecule has 0 unspecified atom stereocenters. The first-order valence-electron chi connectivity index (χ1n) is 9.35. The van der Waals surface area contributed by atoms with E-state index in [1.54, 1.807) is 18.2 Å². The van der Waals surface area contributed by atoms with Crippen molar-refractivity contribution in [1.29, 1.82) is 0 Å². The molecule has 0 radical (unpaired) electrons. The molecule has 2 saturated heterocycles. The number of benzene rings is 1. The van der Waals surface area contributed by atoms with Crippen molar-refractivity contribution in [3.63, 3.8) is 0 Å². The Bertz CT molecular complexity index is 917. The molecule has 27 heavy (non-hydrogen) atoms. The van der Waals surface area contributed by atoms with E-state index in [4.69, 9.17) is 9.15 Å². The van der Waals surface area contributed by atoms with Crippen molar-refractivity contribution >= 4 is 22.9 Å². The number of hydrogen-bond donors (Lipinski definition) is 0. The van der Waals surface area contributed by atoms with Gasteiger partial charge in [-0.1, -0.05) is 12.1 Å². The van der Waals surface area contributed by atoms with E-state index in [0.717, 1.165) is 12.8 Å². The Morgan fingerprint density at radius 1 is 1.11 bits per heavy atom. The minimum Gasteiger partial charge on any atom is -0.408 e. The molecule has 0 spiro atoms. The third kappa shape index (κ3) is 3.14. The number of amides is 2. The Kier molecular flexibility index (Phi) is 4.73. The molecule has 0 N–H and O–H groups in total. The van der Waals surface area contributed by atoms with Crippen molar-refractivity contribution in [2.45, 2.75) is 38.4 Å². The summed E-state index contributed by atoms with van der Waals surface area (Å²) in [5.74, 6) is -0.661. The van der Waals surface area contributed by atoms with Gasteiger partial charge in [0.1, 0.15) is 13.2 Å². The second-order valence-corrected chi connectivity index (χ2v) is 6.95. The Balaban J connectivity index is 1.47. The average Bonchev–Trinajstić information content (AvgIpc) is 3.33. The highest BCUT2D eigenvalue weighted by molar-refractivity contribution is 5.81. The summed E-state index contributed by atoms with van der Waals surface area (Å²) in [6.07, 6.45) is 1.52. The van der Waals surface area contributed by atoms with Crippen LogP contribution in [-0.2, 0) is 20.9 Å². The number of ether oxygens (including phenoxy) is 1. The highest BCUT2D eigenvalue weighted by Crippen LogP contribution is 2.32. The number of carbonyl (C=O) groups is 2. The number of oxazole rings is 1. The highest BCUT2D eigenvalue weighted by atomic mass is 16.5. The largest absolute Gasteiger partial charge is 0.420 e. The molecule has 8 nitrogen and oxygen atoms in total. The molecule has 0 bridgehead atoms. The molecule has 1 aromatic carbocycles. The lowest BCUT2D eigenvalue weighted by Crippen LogP contribution is -2.43. The summed E-state index contributed by atoms with van der Waals surface area (Å²) >= 11 is 0. The molecule has 2 aliphatic heterocycles. The highest BCUT2D eigenvalue weighted by Gasteiger charge is 2.45. The molecular formula is C19H23N3O5. The van der Waals surface area contributed by atoms with Gasteiger partial charge in [0, 0.05) is 19.7 Å². The molecule has 2 amide bonds. The second-order valence-electron chi connectivity index (χ2n) is 6.95. The zero-order valence-corrected chi connectivity index (χ0v) is 15.3. The predicted octanol–water partition coefficient (Wildman–Crippen LogP) is 0.833. The lowest BCUT2D eigenvalue weighted by molar-refractivity contribution is -0.137. The van der Waals surface area contributed by atoms with Gasteiger partial charge in [-0.25, -0.2) is 4.79 Å². The molecule has 2 aromatic rings. The van der Waals surface area contributed by atoms with Crippen LogP contribution in [0.25, 0.3) is 11.1 Å². The number of fused-ring (bicyclic) bond motifs is 2. The Morgan fingerprint density at radius 2 is 1.78 bits per heavy atom. The molecule has 4 rings (SSSR count). The number of aromatic nitrogens is 1. The molecule has 2 aliphatic rings. The van der Waals surface area contributed by atoms with Crippen LogP contribution < -0.4 is 5.76 Å². The van der Waals surface area contributed by atoms with Gasteiger partial charge in [0.2, 0.25) is 11.8 Å². The molecule has 8 heteroatoms. The van der Waals surface area contributed by atoms with E-state index in [1.165, 1.54) is 4.57 Å². The summed E-state index contributed by atoms with van der Waals surface area (Å²) in [4.78, 5) is 41.0. The lowest BCUT2D eigenvalue weighted by Gasteiger charge is -2.25. The van der Waals surface area contributed by atoms with Gasteiger partial charge in [-0.2, -0.15) is 0 Å². The Morgan fingerprint density at radius 3 is 2.48 bits per heavy atom. The standard InChI is InChI=1S/C19H23N3O5/c1-2-26-12-18(24)21-10-8-13-14(21)7-9-20(13)17(23)11-22-15-5-3-4-6-16(15)27-19(22)25/h3-6,13-14H,2,7-12H2,1H3/t13-,14-/m0/s1. The van der Waals surface area contributed by atoms with Crippen LogP contribution in [0.3, 0.4) is 0 Å². The summed E-state index contributed by atoms with van der Waals surface area (Å²) in [7, 11) is 0. The molecule has 2 fully saturated rings. The Hall–Kier alpha value is -2.61. The number of carbonyl (C=O) groups excluding carboxylic acids is 2. The second kappa shape index (κ2) is 7.19. The van der Waals surface area contributed by atoms with Crippen molar-refractivity contribution in [2.75, 3.05) is 26.3 Å². The predicted molar refractivity (Wildman–Crippen MR) is 97.2 cm³/mol. The van der Waals surface area contributed by atoms with Crippen LogP contribution in [-0.4, -0.2) is 64.6 Å². The normalized spacial score (nSPS) is 21.8. The van der Waals surface area contributed by atoms with Gasteiger partial charge in [0.25, 0.3) is 0 Å². The summed E-state index contributed by atoms with van der Waals surface area (Å²) in [6.45, 7) is 3.63. The molecule has 0 saturated carbocycles. The summed E-state index contributed by atoms with van der Waals surface area (Å²) in [6, 6.07) is 7.13. The number of rotatable bonds is 5. The van der Waals surface area contributed by atoms with Gasteiger partial charge in [0.05, 0.1) is 17.6 Å². The smallest absolute Gasteiger partial charge is 0.408 e. The number of likely N-dealkylation sites (tertiary alicyclic amines) is 2. The summed E-state index contributed by atoms with van der Waals surface area (Å²) in [5.41, 5.74) is 1.09. The monoisotopic (exact) mass is 373 g/mol. The van der Waals surface area contributed by atoms with E-state index in [0.29, 0.717) is 30.8 Å².